The quantitative estimate of drug-likeness (QED) is 0.0987. The first-order valence-electron chi connectivity index (χ1n) is 15.6. The van der Waals surface area contributed by atoms with Crippen LogP contribution in [0.5, 0.6) is 0 Å². The molecule has 0 saturated heterocycles. The maximum atomic E-state index is 13.7. The van der Waals surface area contributed by atoms with Crippen LogP contribution in [-0.4, -0.2) is 34.4 Å². The fourth-order valence-corrected chi connectivity index (χ4v) is 5.49. The molecule has 5 aromatic rings. The standard InChI is InChI=1S/C37H42N6O2/c1-26-9-3-4-11-31(26)24-38-20-8-15-34(37(45)42-27(2)32-14-7-12-29-10-5-6-13-33(29)32)43-36(44)30-18-16-28(17-19-30)23-39-25-35-40-21-22-41-35/h3-7,9-14,16-19,21-22,27,34,38-39H,8,15,20,23-25H2,1-2H3,(H,40,41)(H,42,45)(H,43,44)/t27-,34-/m0/s1. The second-order valence-corrected chi connectivity index (χ2v) is 11.4. The number of aryl methyl sites for hydroxylation is 1. The van der Waals surface area contributed by atoms with Gasteiger partial charge >= 0.3 is 0 Å². The summed E-state index contributed by atoms with van der Waals surface area (Å²) in [6.45, 7) is 6.86. The van der Waals surface area contributed by atoms with Crippen molar-refractivity contribution in [2.75, 3.05) is 6.54 Å². The van der Waals surface area contributed by atoms with Gasteiger partial charge in [-0.05, 0) is 78.4 Å². The van der Waals surface area contributed by atoms with Gasteiger partial charge in [0.15, 0.2) is 0 Å². The molecule has 0 unspecified atom stereocenters. The van der Waals surface area contributed by atoms with Crippen molar-refractivity contribution in [3.8, 4) is 0 Å². The summed E-state index contributed by atoms with van der Waals surface area (Å²) in [6, 6.07) is 29.1. The van der Waals surface area contributed by atoms with Crippen molar-refractivity contribution in [2.24, 2.45) is 0 Å². The highest BCUT2D eigenvalue weighted by molar-refractivity contribution is 5.97. The Hall–Kier alpha value is -4.79. The number of aromatic amines is 1. The molecule has 8 nitrogen and oxygen atoms in total. The molecule has 232 valence electrons. The van der Waals surface area contributed by atoms with E-state index in [9.17, 15) is 9.59 Å². The normalized spacial score (nSPS) is 12.5. The fraction of sp³-hybridized carbons (Fsp3) is 0.270. The third-order valence-electron chi connectivity index (χ3n) is 8.09. The summed E-state index contributed by atoms with van der Waals surface area (Å²) in [7, 11) is 0. The lowest BCUT2D eigenvalue weighted by Gasteiger charge is -2.23. The Labute approximate surface area is 265 Å². The molecule has 2 amide bonds. The van der Waals surface area contributed by atoms with E-state index in [2.05, 4.69) is 68.5 Å². The number of aromatic nitrogens is 2. The molecule has 0 saturated carbocycles. The smallest absolute Gasteiger partial charge is 0.251 e. The number of fused-ring (bicyclic) bond motifs is 1. The highest BCUT2D eigenvalue weighted by atomic mass is 16.2. The molecule has 5 N–H and O–H groups in total. The van der Waals surface area contributed by atoms with Crippen molar-refractivity contribution in [3.05, 3.63) is 137 Å². The zero-order chi connectivity index (χ0) is 31.4. The molecule has 0 fully saturated rings. The number of H-pyrrole nitrogens is 1. The van der Waals surface area contributed by atoms with Gasteiger partial charge in [0.25, 0.3) is 5.91 Å². The van der Waals surface area contributed by atoms with Crippen LogP contribution in [0.4, 0.5) is 0 Å². The second-order valence-electron chi connectivity index (χ2n) is 11.4. The Bertz CT molecular complexity index is 1680. The van der Waals surface area contributed by atoms with E-state index in [-0.39, 0.29) is 17.9 Å². The van der Waals surface area contributed by atoms with Crippen LogP contribution in [0.25, 0.3) is 10.8 Å². The zero-order valence-corrected chi connectivity index (χ0v) is 26.0. The largest absolute Gasteiger partial charge is 0.348 e. The molecule has 5 rings (SSSR count). The molecule has 0 bridgehead atoms. The molecule has 0 radical (unpaired) electrons. The first-order chi connectivity index (χ1) is 22.0. The van der Waals surface area contributed by atoms with E-state index in [1.54, 1.807) is 24.5 Å². The Morgan fingerprint density at radius 3 is 2.40 bits per heavy atom. The van der Waals surface area contributed by atoms with E-state index in [1.807, 2.05) is 55.5 Å². The van der Waals surface area contributed by atoms with Gasteiger partial charge in [0, 0.05) is 31.0 Å². The lowest BCUT2D eigenvalue weighted by Crippen LogP contribution is -2.47. The van der Waals surface area contributed by atoms with Crippen molar-refractivity contribution in [2.45, 2.75) is 58.4 Å². The molecular formula is C37H42N6O2. The van der Waals surface area contributed by atoms with Crippen molar-refractivity contribution >= 4 is 22.6 Å². The molecule has 0 aliphatic rings. The maximum Gasteiger partial charge on any atom is 0.251 e. The minimum atomic E-state index is -0.676. The number of nitrogens with one attached hydrogen (secondary N) is 5. The van der Waals surface area contributed by atoms with Crippen LogP contribution in [0.1, 0.15) is 64.2 Å². The molecule has 0 spiro atoms. The second kappa shape index (κ2) is 15.8. The van der Waals surface area contributed by atoms with Crippen molar-refractivity contribution in [1.29, 1.82) is 0 Å². The number of carbonyl (C=O) groups excluding carboxylic acids is 2. The van der Waals surface area contributed by atoms with Crippen LogP contribution >= 0.6 is 0 Å². The molecule has 4 aromatic carbocycles. The summed E-state index contributed by atoms with van der Waals surface area (Å²) < 4.78 is 0. The number of hydrogen-bond acceptors (Lipinski definition) is 5. The van der Waals surface area contributed by atoms with Crippen LogP contribution in [0.3, 0.4) is 0 Å². The van der Waals surface area contributed by atoms with E-state index in [0.29, 0.717) is 25.1 Å². The number of hydrogen-bond donors (Lipinski definition) is 5. The maximum absolute atomic E-state index is 13.7. The van der Waals surface area contributed by atoms with Crippen LogP contribution in [0.2, 0.25) is 0 Å². The van der Waals surface area contributed by atoms with E-state index in [4.69, 9.17) is 0 Å². The molecule has 0 aliphatic carbocycles. The van der Waals surface area contributed by atoms with Crippen LogP contribution in [0.15, 0.2) is 103 Å². The van der Waals surface area contributed by atoms with Gasteiger partial charge in [-0.25, -0.2) is 4.98 Å². The third kappa shape index (κ3) is 8.88. The third-order valence-corrected chi connectivity index (χ3v) is 8.09. The lowest BCUT2D eigenvalue weighted by molar-refractivity contribution is -0.123. The monoisotopic (exact) mass is 602 g/mol. The van der Waals surface area contributed by atoms with Gasteiger partial charge in [-0.2, -0.15) is 0 Å². The Morgan fingerprint density at radius 1 is 0.822 bits per heavy atom. The topological polar surface area (TPSA) is 111 Å². The predicted octanol–water partition coefficient (Wildman–Crippen LogP) is 5.71. The molecule has 2 atom stereocenters. The lowest BCUT2D eigenvalue weighted by atomic mass is 9.99. The highest BCUT2D eigenvalue weighted by Crippen LogP contribution is 2.24. The average molecular weight is 603 g/mol. The van der Waals surface area contributed by atoms with Gasteiger partial charge in [-0.15, -0.1) is 0 Å². The predicted molar refractivity (Wildman–Crippen MR) is 179 cm³/mol. The average Bonchev–Trinajstić information content (AvgIpc) is 3.58. The molecule has 8 heteroatoms. The minimum absolute atomic E-state index is 0.193. The summed E-state index contributed by atoms with van der Waals surface area (Å²) in [5.74, 6) is 0.410. The van der Waals surface area contributed by atoms with Crippen molar-refractivity contribution in [1.82, 2.24) is 31.2 Å². The van der Waals surface area contributed by atoms with Crippen LogP contribution in [-0.2, 0) is 24.4 Å². The molecular weight excluding hydrogens is 560 g/mol. The van der Waals surface area contributed by atoms with Crippen LogP contribution < -0.4 is 21.3 Å². The molecule has 1 heterocycles. The summed E-state index contributed by atoms with van der Waals surface area (Å²) in [5.41, 5.74) is 5.11. The SMILES string of the molecule is Cc1ccccc1CNCCC[C@H](NC(=O)c1ccc(CNCc2ncc[nH]2)cc1)C(=O)N[C@@H](C)c1cccc2ccccc12. The number of carbonyl (C=O) groups is 2. The number of nitrogens with zero attached hydrogens (tertiary/aromatic N) is 1. The summed E-state index contributed by atoms with van der Waals surface area (Å²) in [4.78, 5) is 34.3. The van der Waals surface area contributed by atoms with E-state index < -0.39 is 6.04 Å². The Balaban J connectivity index is 1.21. The van der Waals surface area contributed by atoms with Gasteiger partial charge in [0.1, 0.15) is 11.9 Å². The van der Waals surface area contributed by atoms with Crippen molar-refractivity contribution in [3.63, 3.8) is 0 Å². The number of amides is 2. The van der Waals surface area contributed by atoms with Gasteiger partial charge in [-0.1, -0.05) is 78.9 Å². The summed E-state index contributed by atoms with van der Waals surface area (Å²) in [5, 5.41) is 15.2. The molecule has 0 aliphatic heterocycles. The van der Waals surface area contributed by atoms with E-state index in [1.165, 1.54) is 11.1 Å². The number of rotatable bonds is 15. The van der Waals surface area contributed by atoms with E-state index >= 15 is 0 Å². The van der Waals surface area contributed by atoms with Crippen LogP contribution in [0, 0.1) is 6.92 Å². The first kappa shape index (κ1) is 31.6. The first-order valence-corrected chi connectivity index (χ1v) is 15.6. The Morgan fingerprint density at radius 2 is 1.60 bits per heavy atom. The van der Waals surface area contributed by atoms with Crippen molar-refractivity contribution < 1.29 is 9.59 Å². The van der Waals surface area contributed by atoms with E-state index in [0.717, 1.165) is 47.2 Å². The summed E-state index contributed by atoms with van der Waals surface area (Å²) >= 11 is 0. The van der Waals surface area contributed by atoms with Gasteiger partial charge < -0.3 is 26.3 Å². The highest BCUT2D eigenvalue weighted by Gasteiger charge is 2.23. The minimum Gasteiger partial charge on any atom is -0.348 e. The van der Waals surface area contributed by atoms with Gasteiger partial charge in [0.05, 0.1) is 12.6 Å². The summed E-state index contributed by atoms with van der Waals surface area (Å²) in [6.07, 6.45) is 4.76. The molecule has 1 aromatic heterocycles. The molecule has 45 heavy (non-hydrogen) atoms. The van der Waals surface area contributed by atoms with Gasteiger partial charge in [-0.3, -0.25) is 9.59 Å². The Kier molecular flexibility index (Phi) is 11.1. The zero-order valence-electron chi connectivity index (χ0n) is 26.0. The number of imidazole rings is 1. The fourth-order valence-electron chi connectivity index (χ4n) is 5.49. The van der Waals surface area contributed by atoms with Gasteiger partial charge in [0.2, 0.25) is 5.91 Å². The number of benzene rings is 4.